The van der Waals surface area contributed by atoms with E-state index in [4.69, 9.17) is 0 Å². The predicted molar refractivity (Wildman–Crippen MR) is 90.6 cm³/mol. The summed E-state index contributed by atoms with van der Waals surface area (Å²) in [5.74, 6) is 0.384. The Labute approximate surface area is 143 Å². The van der Waals surface area contributed by atoms with Crippen LogP contribution in [0.4, 0.5) is 0 Å². The number of aromatic nitrogens is 6. The maximum atomic E-state index is 12.3. The zero-order valence-electron chi connectivity index (χ0n) is 13.5. The molecule has 8 nitrogen and oxygen atoms in total. The number of hydrogen-bond donors (Lipinski definition) is 1. The van der Waals surface area contributed by atoms with Crippen LogP contribution in [-0.4, -0.2) is 35.7 Å². The lowest BCUT2D eigenvalue weighted by Crippen LogP contribution is -2.22. The van der Waals surface area contributed by atoms with Gasteiger partial charge in [0.05, 0.1) is 18.8 Å². The van der Waals surface area contributed by atoms with Gasteiger partial charge >= 0.3 is 0 Å². The SMILES string of the molecule is Cn1nnc(-c2ccc(C(=O)NCc3cnn4ccccc34)cc2)n1. The Morgan fingerprint density at radius 2 is 2.00 bits per heavy atom. The molecule has 0 atom stereocenters. The van der Waals surface area contributed by atoms with Crippen LogP contribution in [0.1, 0.15) is 15.9 Å². The molecule has 0 radical (unpaired) electrons. The smallest absolute Gasteiger partial charge is 0.251 e. The second kappa shape index (κ2) is 6.16. The third-order valence-electron chi connectivity index (χ3n) is 3.86. The number of pyridine rings is 1. The Morgan fingerprint density at radius 1 is 1.16 bits per heavy atom. The van der Waals surface area contributed by atoms with Gasteiger partial charge < -0.3 is 5.32 Å². The molecular weight excluding hydrogens is 318 g/mol. The molecule has 3 heterocycles. The van der Waals surface area contributed by atoms with Crippen LogP contribution in [0, 0.1) is 0 Å². The summed E-state index contributed by atoms with van der Waals surface area (Å²) in [5.41, 5.74) is 3.33. The number of tetrazole rings is 1. The second-order valence-corrected chi connectivity index (χ2v) is 5.56. The van der Waals surface area contributed by atoms with E-state index in [0.717, 1.165) is 16.6 Å². The lowest BCUT2D eigenvalue weighted by molar-refractivity contribution is 0.0951. The monoisotopic (exact) mass is 333 g/mol. The molecule has 1 N–H and O–H groups in total. The van der Waals surface area contributed by atoms with Crippen LogP contribution in [0.3, 0.4) is 0 Å². The van der Waals surface area contributed by atoms with Crippen molar-refractivity contribution in [3.8, 4) is 11.4 Å². The van der Waals surface area contributed by atoms with Gasteiger partial charge in [0, 0.05) is 29.4 Å². The molecule has 0 fully saturated rings. The average Bonchev–Trinajstić information content (AvgIpc) is 3.26. The summed E-state index contributed by atoms with van der Waals surface area (Å²) < 4.78 is 1.78. The van der Waals surface area contributed by atoms with E-state index in [1.165, 1.54) is 4.80 Å². The Hall–Kier alpha value is -3.55. The summed E-state index contributed by atoms with van der Waals surface area (Å²) in [6.07, 6.45) is 3.64. The first-order valence-corrected chi connectivity index (χ1v) is 7.74. The predicted octanol–water partition coefficient (Wildman–Crippen LogP) is 1.45. The summed E-state index contributed by atoms with van der Waals surface area (Å²) in [6.45, 7) is 0.416. The van der Waals surface area contributed by atoms with Crippen LogP contribution in [-0.2, 0) is 13.6 Å². The van der Waals surface area contributed by atoms with Crippen molar-refractivity contribution < 1.29 is 4.79 Å². The third-order valence-corrected chi connectivity index (χ3v) is 3.86. The van der Waals surface area contributed by atoms with E-state index in [1.807, 2.05) is 24.4 Å². The zero-order chi connectivity index (χ0) is 17.2. The highest BCUT2D eigenvalue weighted by atomic mass is 16.1. The van der Waals surface area contributed by atoms with E-state index in [0.29, 0.717) is 17.9 Å². The molecule has 0 aliphatic carbocycles. The van der Waals surface area contributed by atoms with Crippen molar-refractivity contribution in [1.82, 2.24) is 35.1 Å². The first-order chi connectivity index (χ1) is 12.2. The highest BCUT2D eigenvalue weighted by Gasteiger charge is 2.10. The van der Waals surface area contributed by atoms with Gasteiger partial charge in [-0.1, -0.05) is 18.2 Å². The van der Waals surface area contributed by atoms with Crippen molar-refractivity contribution >= 4 is 11.4 Å². The van der Waals surface area contributed by atoms with Gasteiger partial charge in [-0.2, -0.15) is 9.90 Å². The zero-order valence-corrected chi connectivity index (χ0v) is 13.5. The number of hydrogen-bond acceptors (Lipinski definition) is 5. The minimum Gasteiger partial charge on any atom is -0.348 e. The molecule has 1 aromatic carbocycles. The molecule has 124 valence electrons. The average molecular weight is 333 g/mol. The first-order valence-electron chi connectivity index (χ1n) is 7.74. The summed E-state index contributed by atoms with van der Waals surface area (Å²) >= 11 is 0. The summed E-state index contributed by atoms with van der Waals surface area (Å²) in [4.78, 5) is 13.7. The fourth-order valence-corrected chi connectivity index (χ4v) is 2.57. The van der Waals surface area contributed by atoms with Crippen LogP contribution < -0.4 is 5.32 Å². The van der Waals surface area contributed by atoms with Crippen LogP contribution in [0.2, 0.25) is 0 Å². The topological polar surface area (TPSA) is 90.0 Å². The molecule has 4 rings (SSSR count). The Morgan fingerprint density at radius 3 is 2.76 bits per heavy atom. The van der Waals surface area contributed by atoms with Gasteiger partial charge in [-0.05, 0) is 29.5 Å². The second-order valence-electron chi connectivity index (χ2n) is 5.56. The van der Waals surface area contributed by atoms with Gasteiger partial charge in [-0.25, -0.2) is 4.52 Å². The molecule has 25 heavy (non-hydrogen) atoms. The fraction of sp³-hybridized carbons (Fsp3) is 0.118. The van der Waals surface area contributed by atoms with Crippen molar-refractivity contribution in [3.05, 3.63) is 66.0 Å². The number of rotatable bonds is 4. The van der Waals surface area contributed by atoms with Crippen molar-refractivity contribution in [1.29, 1.82) is 0 Å². The van der Waals surface area contributed by atoms with Crippen LogP contribution in [0.5, 0.6) is 0 Å². The molecule has 3 aromatic heterocycles. The highest BCUT2D eigenvalue weighted by molar-refractivity contribution is 5.94. The Bertz CT molecular complexity index is 1030. The van der Waals surface area contributed by atoms with Crippen LogP contribution >= 0.6 is 0 Å². The fourth-order valence-electron chi connectivity index (χ4n) is 2.57. The summed E-state index contributed by atoms with van der Waals surface area (Å²) in [7, 11) is 1.71. The number of nitrogens with one attached hydrogen (secondary N) is 1. The number of carbonyl (C=O) groups is 1. The van der Waals surface area contributed by atoms with Crippen molar-refractivity contribution in [2.24, 2.45) is 7.05 Å². The van der Waals surface area contributed by atoms with Crippen molar-refractivity contribution in [2.75, 3.05) is 0 Å². The van der Waals surface area contributed by atoms with Gasteiger partial charge in [0.15, 0.2) is 0 Å². The van der Waals surface area contributed by atoms with E-state index in [9.17, 15) is 4.79 Å². The number of fused-ring (bicyclic) bond motifs is 1. The highest BCUT2D eigenvalue weighted by Crippen LogP contribution is 2.15. The standard InChI is InChI=1S/C17H15N7O/c1-23-21-16(20-22-23)12-5-7-13(8-6-12)17(25)18-10-14-11-19-24-9-3-2-4-15(14)24/h2-9,11H,10H2,1H3,(H,18,25). The van der Waals surface area contributed by atoms with Crippen LogP contribution in [0.15, 0.2) is 54.9 Å². The minimum absolute atomic E-state index is 0.145. The lowest BCUT2D eigenvalue weighted by atomic mass is 10.1. The quantitative estimate of drug-likeness (QED) is 0.610. The molecule has 0 saturated heterocycles. The largest absolute Gasteiger partial charge is 0.348 e. The van der Waals surface area contributed by atoms with E-state index in [1.54, 1.807) is 42.0 Å². The van der Waals surface area contributed by atoms with Gasteiger partial charge in [0.2, 0.25) is 5.82 Å². The molecular formula is C17H15N7O. The maximum Gasteiger partial charge on any atom is 0.251 e. The number of aryl methyl sites for hydroxylation is 1. The van der Waals surface area contributed by atoms with Crippen molar-refractivity contribution in [3.63, 3.8) is 0 Å². The maximum absolute atomic E-state index is 12.3. The first kappa shape index (κ1) is 15.0. The molecule has 0 unspecified atom stereocenters. The molecule has 0 aliphatic heterocycles. The van der Waals surface area contributed by atoms with E-state index >= 15 is 0 Å². The Kier molecular flexibility index (Phi) is 3.70. The van der Waals surface area contributed by atoms with Gasteiger partial charge in [0.1, 0.15) is 0 Å². The molecule has 1 amide bonds. The molecule has 0 saturated carbocycles. The molecule has 0 aliphatic rings. The number of carbonyl (C=O) groups excluding carboxylic acids is 1. The molecule has 8 heteroatoms. The van der Waals surface area contributed by atoms with Crippen LogP contribution in [0.25, 0.3) is 16.9 Å². The normalized spacial score (nSPS) is 10.9. The molecule has 4 aromatic rings. The lowest BCUT2D eigenvalue weighted by Gasteiger charge is -2.05. The van der Waals surface area contributed by atoms with Gasteiger partial charge in [0.25, 0.3) is 5.91 Å². The van der Waals surface area contributed by atoms with Gasteiger partial charge in [-0.3, -0.25) is 4.79 Å². The van der Waals surface area contributed by atoms with E-state index in [-0.39, 0.29) is 5.91 Å². The molecule has 0 bridgehead atoms. The summed E-state index contributed by atoms with van der Waals surface area (Å²) in [6, 6.07) is 12.9. The van der Waals surface area contributed by atoms with E-state index in [2.05, 4.69) is 25.8 Å². The number of benzene rings is 1. The third kappa shape index (κ3) is 2.97. The Balaban J connectivity index is 1.46. The summed E-state index contributed by atoms with van der Waals surface area (Å²) in [5, 5.41) is 19.1. The van der Waals surface area contributed by atoms with E-state index < -0.39 is 0 Å². The number of nitrogens with zero attached hydrogens (tertiary/aromatic N) is 6. The van der Waals surface area contributed by atoms with Gasteiger partial charge in [-0.15, -0.1) is 10.2 Å². The molecule has 0 spiro atoms. The minimum atomic E-state index is -0.145. The van der Waals surface area contributed by atoms with Crippen molar-refractivity contribution in [2.45, 2.75) is 6.54 Å². The number of amides is 1.